The number of rotatable bonds is 10. The van der Waals surface area contributed by atoms with E-state index in [-0.39, 0.29) is 17.9 Å². The number of aromatic nitrogens is 2. The quantitative estimate of drug-likeness (QED) is 0.466. The molecule has 2 fully saturated rings. The smallest absolute Gasteiger partial charge is 0.257 e. The zero-order valence-corrected chi connectivity index (χ0v) is 20.0. The lowest BCUT2D eigenvalue weighted by molar-refractivity contribution is -0.127. The van der Waals surface area contributed by atoms with Crippen LogP contribution in [0.5, 0.6) is 0 Å². The Morgan fingerprint density at radius 1 is 1.32 bits per heavy atom. The van der Waals surface area contributed by atoms with Gasteiger partial charge in [0.05, 0.1) is 12.1 Å². The summed E-state index contributed by atoms with van der Waals surface area (Å²) in [5.41, 5.74) is 9.03. The molecule has 182 valence electrons. The minimum Gasteiger partial charge on any atom is -0.388 e. The highest BCUT2D eigenvalue weighted by atomic mass is 16.3. The largest absolute Gasteiger partial charge is 0.388 e. The molecule has 1 aromatic heterocycles. The number of nitrogen functional groups attached to an aromatic ring is 1. The van der Waals surface area contributed by atoms with Gasteiger partial charge in [-0.2, -0.15) is 5.10 Å². The Hall–Kier alpha value is -3.13. The summed E-state index contributed by atoms with van der Waals surface area (Å²) < 4.78 is 1.77. The molecular weight excluding hydrogens is 430 g/mol. The molecule has 0 saturated heterocycles. The van der Waals surface area contributed by atoms with Crippen molar-refractivity contribution in [2.75, 3.05) is 25.9 Å². The van der Waals surface area contributed by atoms with Crippen LogP contribution in [0.15, 0.2) is 36.9 Å². The lowest BCUT2D eigenvalue weighted by Crippen LogP contribution is -2.40. The third-order valence-electron chi connectivity index (χ3n) is 7.01. The molecule has 34 heavy (non-hydrogen) atoms. The van der Waals surface area contributed by atoms with Gasteiger partial charge in [-0.3, -0.25) is 9.59 Å². The monoisotopic (exact) mass is 465 g/mol. The second kappa shape index (κ2) is 10.0. The molecule has 0 bridgehead atoms. The number of hydrogen-bond acceptors (Lipinski definition) is 5. The molecule has 1 aromatic carbocycles. The lowest BCUT2D eigenvalue weighted by atomic mass is 9.80. The Kier molecular flexibility index (Phi) is 7.07. The summed E-state index contributed by atoms with van der Waals surface area (Å²) in [7, 11) is 1.58. The first-order valence-corrected chi connectivity index (χ1v) is 12.2. The van der Waals surface area contributed by atoms with Gasteiger partial charge in [-0.05, 0) is 55.6 Å². The number of anilines is 1. The number of nitrogens with zero attached hydrogens (tertiary/aromatic N) is 3. The van der Waals surface area contributed by atoms with Crippen LogP contribution in [0.25, 0.3) is 11.3 Å². The van der Waals surface area contributed by atoms with Gasteiger partial charge in [0.15, 0.2) is 0 Å². The van der Waals surface area contributed by atoms with E-state index in [1.54, 1.807) is 11.7 Å². The van der Waals surface area contributed by atoms with Crippen LogP contribution in [0.3, 0.4) is 0 Å². The molecule has 1 atom stereocenters. The third-order valence-corrected chi connectivity index (χ3v) is 7.01. The van der Waals surface area contributed by atoms with Crippen LogP contribution < -0.4 is 11.1 Å². The SMILES string of the molecule is C=CC(=O)N(CCC)CC1CC(n2nc(-c3ccc(C(O)C4CC4)cc3)c(C(=O)NC)c2N)C1. The molecule has 8 heteroatoms. The summed E-state index contributed by atoms with van der Waals surface area (Å²) in [6.45, 7) is 7.07. The maximum Gasteiger partial charge on any atom is 0.257 e. The van der Waals surface area contributed by atoms with E-state index in [0.717, 1.165) is 43.2 Å². The van der Waals surface area contributed by atoms with Crippen molar-refractivity contribution in [2.24, 2.45) is 11.8 Å². The molecule has 1 heterocycles. The minimum absolute atomic E-state index is 0.0386. The van der Waals surface area contributed by atoms with Crippen molar-refractivity contribution < 1.29 is 14.7 Å². The highest BCUT2D eigenvalue weighted by molar-refractivity contribution is 6.04. The van der Waals surface area contributed by atoms with Crippen LogP contribution in [0.1, 0.15) is 67.1 Å². The van der Waals surface area contributed by atoms with Crippen LogP contribution in [-0.2, 0) is 4.79 Å². The van der Waals surface area contributed by atoms with Crippen molar-refractivity contribution >= 4 is 17.6 Å². The van der Waals surface area contributed by atoms with E-state index in [2.05, 4.69) is 18.8 Å². The zero-order chi connectivity index (χ0) is 24.4. The Morgan fingerprint density at radius 2 is 2.00 bits per heavy atom. The minimum atomic E-state index is -0.442. The molecule has 2 saturated carbocycles. The Balaban J connectivity index is 1.53. The number of nitrogens with two attached hydrogens (primary N) is 1. The van der Waals surface area contributed by atoms with Gasteiger partial charge in [0.1, 0.15) is 17.1 Å². The summed E-state index contributed by atoms with van der Waals surface area (Å²) in [4.78, 5) is 26.7. The summed E-state index contributed by atoms with van der Waals surface area (Å²) >= 11 is 0. The molecule has 0 spiro atoms. The van der Waals surface area contributed by atoms with Crippen molar-refractivity contribution in [1.29, 1.82) is 0 Å². The van der Waals surface area contributed by atoms with Crippen LogP contribution >= 0.6 is 0 Å². The maximum absolute atomic E-state index is 12.7. The van der Waals surface area contributed by atoms with Crippen LogP contribution in [0, 0.1) is 11.8 Å². The van der Waals surface area contributed by atoms with Crippen LogP contribution in [-0.4, -0.2) is 51.7 Å². The molecule has 4 rings (SSSR count). The first-order valence-electron chi connectivity index (χ1n) is 12.2. The van der Waals surface area contributed by atoms with Crippen molar-refractivity contribution in [1.82, 2.24) is 20.0 Å². The van der Waals surface area contributed by atoms with E-state index in [4.69, 9.17) is 10.8 Å². The molecule has 2 aliphatic carbocycles. The number of amides is 2. The number of carbonyl (C=O) groups excluding carboxylic acids is 2. The molecule has 2 amide bonds. The van der Waals surface area contributed by atoms with Gasteiger partial charge in [0.2, 0.25) is 5.91 Å². The summed E-state index contributed by atoms with van der Waals surface area (Å²) in [5, 5.41) is 17.8. The predicted molar refractivity (Wildman–Crippen MR) is 132 cm³/mol. The van der Waals surface area contributed by atoms with Crippen molar-refractivity contribution in [2.45, 2.75) is 51.2 Å². The standard InChI is InChI=1S/C26H35N5O3/c1-4-12-30(21(32)5-2)15-16-13-20(14-16)31-25(27)22(26(34)28-3)23(29-31)17-6-8-18(9-7-17)24(33)19-10-11-19/h5-9,16,19-20,24,33H,2,4,10-15,27H2,1,3H3,(H,28,34). The van der Waals surface area contributed by atoms with Crippen molar-refractivity contribution in [3.8, 4) is 11.3 Å². The second-order valence-electron chi connectivity index (χ2n) is 9.52. The summed E-state index contributed by atoms with van der Waals surface area (Å²) in [6.07, 6.45) is 5.63. The Bertz CT molecular complexity index is 1050. The van der Waals surface area contributed by atoms with E-state index < -0.39 is 6.10 Å². The number of benzene rings is 1. The highest BCUT2D eigenvalue weighted by Crippen LogP contribution is 2.43. The van der Waals surface area contributed by atoms with E-state index >= 15 is 0 Å². The van der Waals surface area contributed by atoms with Gasteiger partial charge in [0.25, 0.3) is 5.91 Å². The number of aliphatic hydroxyl groups excluding tert-OH is 1. The van der Waals surface area contributed by atoms with Crippen LogP contribution in [0.4, 0.5) is 5.82 Å². The molecule has 4 N–H and O–H groups in total. The summed E-state index contributed by atoms with van der Waals surface area (Å²) in [5.74, 6) is 0.751. The van der Waals surface area contributed by atoms with Gasteiger partial charge in [-0.25, -0.2) is 4.68 Å². The molecule has 2 aromatic rings. The first-order chi connectivity index (χ1) is 16.4. The molecule has 2 aliphatic rings. The topological polar surface area (TPSA) is 113 Å². The normalized spacial score (nSPS) is 20.3. The van der Waals surface area contributed by atoms with Gasteiger partial charge < -0.3 is 21.1 Å². The number of carbonyl (C=O) groups is 2. The van der Waals surface area contributed by atoms with E-state index in [9.17, 15) is 14.7 Å². The fourth-order valence-corrected chi connectivity index (χ4v) is 4.85. The molecule has 0 aliphatic heterocycles. The van der Waals surface area contributed by atoms with E-state index in [1.165, 1.54) is 6.08 Å². The van der Waals surface area contributed by atoms with Gasteiger partial charge in [-0.15, -0.1) is 0 Å². The van der Waals surface area contributed by atoms with Gasteiger partial charge in [0, 0.05) is 25.7 Å². The zero-order valence-electron chi connectivity index (χ0n) is 20.0. The average molecular weight is 466 g/mol. The predicted octanol–water partition coefficient (Wildman–Crippen LogP) is 3.31. The first kappa shape index (κ1) is 24.0. The fraction of sp³-hybridized carbons (Fsp3) is 0.500. The maximum atomic E-state index is 12.7. The fourth-order valence-electron chi connectivity index (χ4n) is 4.85. The second-order valence-corrected chi connectivity index (χ2v) is 9.52. The molecular formula is C26H35N5O3. The Labute approximate surface area is 200 Å². The molecule has 0 radical (unpaired) electrons. The number of nitrogens with one attached hydrogen (secondary N) is 1. The van der Waals surface area contributed by atoms with Gasteiger partial charge in [-0.1, -0.05) is 37.8 Å². The Morgan fingerprint density at radius 3 is 2.56 bits per heavy atom. The third kappa shape index (κ3) is 4.73. The number of aliphatic hydroxyl groups is 1. The summed E-state index contributed by atoms with van der Waals surface area (Å²) in [6, 6.07) is 7.68. The van der Waals surface area contributed by atoms with Gasteiger partial charge >= 0.3 is 0 Å². The van der Waals surface area contributed by atoms with Crippen molar-refractivity contribution in [3.63, 3.8) is 0 Å². The lowest BCUT2D eigenvalue weighted by Gasteiger charge is -2.38. The highest BCUT2D eigenvalue weighted by Gasteiger charge is 2.36. The number of hydrogen-bond donors (Lipinski definition) is 3. The molecule has 1 unspecified atom stereocenters. The molecule has 8 nitrogen and oxygen atoms in total. The average Bonchev–Trinajstić information content (AvgIpc) is 3.62. The van der Waals surface area contributed by atoms with E-state index in [0.29, 0.717) is 42.0 Å². The van der Waals surface area contributed by atoms with Crippen molar-refractivity contribution in [3.05, 3.63) is 48.0 Å². The van der Waals surface area contributed by atoms with Crippen LogP contribution in [0.2, 0.25) is 0 Å². The van der Waals surface area contributed by atoms with E-state index in [1.807, 2.05) is 29.2 Å².